The lowest BCUT2D eigenvalue weighted by atomic mass is 10.2. The van der Waals surface area contributed by atoms with Crippen LogP contribution in [-0.4, -0.2) is 65.3 Å². The molecule has 25 heavy (non-hydrogen) atoms. The van der Waals surface area contributed by atoms with Gasteiger partial charge in [-0.05, 0) is 25.3 Å². The van der Waals surface area contributed by atoms with Crippen LogP contribution < -0.4 is 9.80 Å². The maximum absolute atomic E-state index is 5.79. The smallest absolute Gasteiger partial charge is 0.230 e. The summed E-state index contributed by atoms with van der Waals surface area (Å²) in [6, 6.07) is 2.39. The molecule has 1 aliphatic carbocycles. The van der Waals surface area contributed by atoms with Crippen LogP contribution in [0.25, 0.3) is 0 Å². The minimum Gasteiger partial charge on any atom is -0.424 e. The van der Waals surface area contributed by atoms with E-state index in [9.17, 15) is 0 Å². The molecule has 134 valence electrons. The molecule has 1 unspecified atom stereocenters. The number of likely N-dealkylation sites (N-methyl/N-ethyl adjacent to an activating group) is 1. The standard InChI is InChI=1S/C17H25N7O/c1-22(2)17-18-8-6-14(19-17)23(3)13-7-9-24(10-13)11-15-20-21-16(25-15)12-4-5-12/h6,8,12-13H,4-5,7,9-11H2,1-3H3. The van der Waals surface area contributed by atoms with Crippen LogP contribution in [0.5, 0.6) is 0 Å². The van der Waals surface area contributed by atoms with Gasteiger partial charge in [-0.1, -0.05) is 0 Å². The van der Waals surface area contributed by atoms with Crippen LogP contribution in [0.15, 0.2) is 16.7 Å². The Balaban J connectivity index is 1.36. The van der Waals surface area contributed by atoms with Gasteiger partial charge in [0.05, 0.1) is 6.54 Å². The molecule has 8 heteroatoms. The average Bonchev–Trinajstić information content (AvgIpc) is 3.19. The van der Waals surface area contributed by atoms with Crippen molar-refractivity contribution in [1.82, 2.24) is 25.1 Å². The molecule has 2 aliphatic rings. The molecule has 3 heterocycles. The molecule has 1 atom stereocenters. The van der Waals surface area contributed by atoms with Gasteiger partial charge in [0.1, 0.15) is 5.82 Å². The van der Waals surface area contributed by atoms with E-state index < -0.39 is 0 Å². The van der Waals surface area contributed by atoms with Gasteiger partial charge >= 0.3 is 0 Å². The Bertz CT molecular complexity index is 727. The molecule has 4 rings (SSSR count). The summed E-state index contributed by atoms with van der Waals surface area (Å²) in [5.41, 5.74) is 0. The molecular weight excluding hydrogens is 318 g/mol. The van der Waals surface area contributed by atoms with Gasteiger partial charge in [-0.15, -0.1) is 10.2 Å². The number of likely N-dealkylation sites (tertiary alicyclic amines) is 1. The summed E-state index contributed by atoms with van der Waals surface area (Å²) in [7, 11) is 6.02. The first-order valence-corrected chi connectivity index (χ1v) is 8.88. The molecule has 0 spiro atoms. The Hall–Kier alpha value is -2.22. The summed E-state index contributed by atoms with van der Waals surface area (Å²) >= 11 is 0. The highest BCUT2D eigenvalue weighted by atomic mass is 16.4. The third-order valence-corrected chi connectivity index (χ3v) is 4.95. The zero-order valence-electron chi connectivity index (χ0n) is 15.1. The van der Waals surface area contributed by atoms with E-state index in [1.54, 1.807) is 0 Å². The SMILES string of the molecule is CN(C)c1nccc(N(C)C2CCN(Cc3nnc(C4CC4)o3)C2)n1. The molecule has 2 aromatic heterocycles. The molecule has 2 fully saturated rings. The zero-order valence-corrected chi connectivity index (χ0v) is 15.1. The van der Waals surface area contributed by atoms with E-state index in [-0.39, 0.29) is 0 Å². The van der Waals surface area contributed by atoms with Crippen molar-refractivity contribution in [2.75, 3.05) is 44.0 Å². The lowest BCUT2D eigenvalue weighted by Gasteiger charge is -2.26. The van der Waals surface area contributed by atoms with Crippen molar-refractivity contribution in [2.45, 2.75) is 37.8 Å². The molecule has 1 saturated heterocycles. The van der Waals surface area contributed by atoms with E-state index in [0.717, 1.165) is 49.6 Å². The normalized spacial score (nSPS) is 20.8. The molecule has 0 bridgehead atoms. The van der Waals surface area contributed by atoms with Crippen LogP contribution >= 0.6 is 0 Å². The van der Waals surface area contributed by atoms with E-state index in [1.807, 2.05) is 31.3 Å². The third-order valence-electron chi connectivity index (χ3n) is 4.95. The lowest BCUT2D eigenvalue weighted by Crippen LogP contribution is -2.35. The van der Waals surface area contributed by atoms with Gasteiger partial charge in [0.2, 0.25) is 17.7 Å². The second kappa shape index (κ2) is 6.59. The fourth-order valence-corrected chi connectivity index (χ4v) is 3.23. The first kappa shape index (κ1) is 16.3. The van der Waals surface area contributed by atoms with Crippen LogP contribution in [0.4, 0.5) is 11.8 Å². The number of anilines is 2. The Kier molecular flexibility index (Phi) is 4.29. The van der Waals surface area contributed by atoms with Crippen molar-refractivity contribution in [1.29, 1.82) is 0 Å². The Morgan fingerprint density at radius 1 is 1.20 bits per heavy atom. The molecule has 2 aromatic rings. The van der Waals surface area contributed by atoms with Crippen molar-refractivity contribution < 1.29 is 4.42 Å². The molecule has 0 radical (unpaired) electrons. The van der Waals surface area contributed by atoms with Crippen molar-refractivity contribution in [3.8, 4) is 0 Å². The maximum Gasteiger partial charge on any atom is 0.230 e. The van der Waals surface area contributed by atoms with Gasteiger partial charge in [-0.25, -0.2) is 4.98 Å². The molecule has 8 nitrogen and oxygen atoms in total. The zero-order chi connectivity index (χ0) is 17.4. The summed E-state index contributed by atoms with van der Waals surface area (Å²) in [6.45, 7) is 2.73. The molecule has 0 amide bonds. The summed E-state index contributed by atoms with van der Waals surface area (Å²) in [4.78, 5) is 15.5. The molecule has 0 N–H and O–H groups in total. The fourth-order valence-electron chi connectivity index (χ4n) is 3.23. The number of hydrogen-bond donors (Lipinski definition) is 0. The predicted molar refractivity (Wildman–Crippen MR) is 94.7 cm³/mol. The second-order valence-corrected chi connectivity index (χ2v) is 7.21. The molecule has 1 aliphatic heterocycles. The Morgan fingerprint density at radius 2 is 2.04 bits per heavy atom. The minimum atomic E-state index is 0.427. The summed E-state index contributed by atoms with van der Waals surface area (Å²) < 4.78 is 5.79. The number of hydrogen-bond acceptors (Lipinski definition) is 8. The highest BCUT2D eigenvalue weighted by Crippen LogP contribution is 2.39. The highest BCUT2D eigenvalue weighted by molar-refractivity contribution is 5.43. The third kappa shape index (κ3) is 3.58. The van der Waals surface area contributed by atoms with Crippen molar-refractivity contribution in [3.05, 3.63) is 24.0 Å². The van der Waals surface area contributed by atoms with E-state index in [0.29, 0.717) is 12.0 Å². The van der Waals surface area contributed by atoms with E-state index >= 15 is 0 Å². The van der Waals surface area contributed by atoms with E-state index in [1.165, 1.54) is 12.8 Å². The predicted octanol–water partition coefficient (Wildman–Crippen LogP) is 1.51. The average molecular weight is 343 g/mol. The summed E-state index contributed by atoms with van der Waals surface area (Å²) in [5.74, 6) is 3.77. The van der Waals surface area contributed by atoms with E-state index in [2.05, 4.69) is 37.0 Å². The van der Waals surface area contributed by atoms with Gasteiger partial charge in [-0.3, -0.25) is 4.90 Å². The van der Waals surface area contributed by atoms with Gasteiger partial charge in [0.25, 0.3) is 0 Å². The van der Waals surface area contributed by atoms with Crippen LogP contribution in [0.3, 0.4) is 0 Å². The summed E-state index contributed by atoms with van der Waals surface area (Å²) in [5, 5.41) is 8.37. The fraction of sp³-hybridized carbons (Fsp3) is 0.647. The molecule has 1 saturated carbocycles. The highest BCUT2D eigenvalue weighted by Gasteiger charge is 2.31. The number of nitrogens with zero attached hydrogens (tertiary/aromatic N) is 7. The van der Waals surface area contributed by atoms with Crippen molar-refractivity contribution in [2.24, 2.45) is 0 Å². The second-order valence-electron chi connectivity index (χ2n) is 7.21. The molecular formula is C17H25N7O. The van der Waals surface area contributed by atoms with Crippen LogP contribution in [0.2, 0.25) is 0 Å². The van der Waals surface area contributed by atoms with Gasteiger partial charge in [0.15, 0.2) is 0 Å². The largest absolute Gasteiger partial charge is 0.424 e. The maximum atomic E-state index is 5.79. The lowest BCUT2D eigenvalue weighted by molar-refractivity contribution is 0.282. The van der Waals surface area contributed by atoms with E-state index in [4.69, 9.17) is 4.42 Å². The van der Waals surface area contributed by atoms with Crippen molar-refractivity contribution >= 4 is 11.8 Å². The number of aromatic nitrogens is 4. The van der Waals surface area contributed by atoms with Crippen LogP contribution in [0, 0.1) is 0 Å². The monoisotopic (exact) mass is 343 g/mol. The quantitative estimate of drug-likeness (QED) is 0.781. The van der Waals surface area contributed by atoms with Gasteiger partial charge in [-0.2, -0.15) is 4.98 Å². The van der Waals surface area contributed by atoms with Gasteiger partial charge < -0.3 is 14.2 Å². The first-order valence-electron chi connectivity index (χ1n) is 8.88. The van der Waals surface area contributed by atoms with Gasteiger partial charge in [0, 0.05) is 52.4 Å². The first-order chi connectivity index (χ1) is 12.1. The minimum absolute atomic E-state index is 0.427. The number of rotatable bonds is 6. The van der Waals surface area contributed by atoms with Crippen molar-refractivity contribution in [3.63, 3.8) is 0 Å². The van der Waals surface area contributed by atoms with Crippen LogP contribution in [0.1, 0.15) is 37.0 Å². The Morgan fingerprint density at radius 3 is 2.80 bits per heavy atom. The van der Waals surface area contributed by atoms with Crippen LogP contribution in [-0.2, 0) is 6.54 Å². The summed E-state index contributed by atoms with van der Waals surface area (Å²) in [6.07, 6.45) is 5.29. The molecule has 0 aromatic carbocycles. The Labute approximate surface area is 147 Å². The topological polar surface area (TPSA) is 74.4 Å².